The van der Waals surface area contributed by atoms with Crippen molar-refractivity contribution in [2.45, 2.75) is 90.6 Å². The summed E-state index contributed by atoms with van der Waals surface area (Å²) in [5.74, 6) is 1.77. The van der Waals surface area contributed by atoms with Gasteiger partial charge in [-0.3, -0.25) is 4.90 Å². The van der Waals surface area contributed by atoms with Crippen LogP contribution in [0.3, 0.4) is 0 Å². The van der Waals surface area contributed by atoms with Gasteiger partial charge in [-0.2, -0.15) is 0 Å². The molecule has 0 aromatic rings. The second-order valence-corrected chi connectivity index (χ2v) is 7.82. The largest absolute Gasteiger partial charge is 0.313 e. The van der Waals surface area contributed by atoms with Gasteiger partial charge in [0.2, 0.25) is 0 Å². The van der Waals surface area contributed by atoms with Crippen LogP contribution in [0, 0.1) is 11.8 Å². The van der Waals surface area contributed by atoms with E-state index in [1.165, 1.54) is 70.9 Å². The zero-order valence-corrected chi connectivity index (χ0v) is 14.7. The van der Waals surface area contributed by atoms with Gasteiger partial charge < -0.3 is 5.32 Å². The Kier molecular flexibility index (Phi) is 7.53. The summed E-state index contributed by atoms with van der Waals surface area (Å²) in [6.45, 7) is 10.8. The fourth-order valence-corrected chi connectivity index (χ4v) is 4.37. The first-order chi connectivity index (χ1) is 10.2. The molecule has 0 amide bonds. The first kappa shape index (κ1) is 17.3. The molecule has 2 saturated carbocycles. The zero-order valence-electron chi connectivity index (χ0n) is 14.7. The van der Waals surface area contributed by atoms with Gasteiger partial charge in [0, 0.05) is 18.6 Å². The summed E-state index contributed by atoms with van der Waals surface area (Å²) in [5.41, 5.74) is 0. The van der Waals surface area contributed by atoms with Crippen LogP contribution in [0.4, 0.5) is 0 Å². The third-order valence-electron chi connectivity index (χ3n) is 5.70. The fraction of sp³-hybridized carbons (Fsp3) is 1.00. The van der Waals surface area contributed by atoms with E-state index in [9.17, 15) is 0 Å². The van der Waals surface area contributed by atoms with Gasteiger partial charge in [-0.25, -0.2) is 0 Å². The summed E-state index contributed by atoms with van der Waals surface area (Å²) in [5, 5.41) is 3.82. The molecule has 0 aromatic heterocycles. The van der Waals surface area contributed by atoms with E-state index < -0.39 is 0 Å². The van der Waals surface area contributed by atoms with Crippen molar-refractivity contribution in [1.82, 2.24) is 10.2 Å². The lowest BCUT2D eigenvalue weighted by molar-refractivity contribution is 0.150. The van der Waals surface area contributed by atoms with Crippen molar-refractivity contribution >= 4 is 0 Å². The third-order valence-corrected chi connectivity index (χ3v) is 5.70. The maximum absolute atomic E-state index is 3.82. The summed E-state index contributed by atoms with van der Waals surface area (Å²) in [4.78, 5) is 2.86. The maximum Gasteiger partial charge on any atom is 0.0223 e. The second kappa shape index (κ2) is 9.15. The van der Waals surface area contributed by atoms with Crippen molar-refractivity contribution < 1.29 is 0 Å². The van der Waals surface area contributed by atoms with Crippen LogP contribution in [0.5, 0.6) is 0 Å². The van der Waals surface area contributed by atoms with E-state index >= 15 is 0 Å². The highest BCUT2D eigenvalue weighted by molar-refractivity contribution is 4.86. The van der Waals surface area contributed by atoms with Gasteiger partial charge in [-0.05, 0) is 57.0 Å². The van der Waals surface area contributed by atoms with Gasteiger partial charge in [0.25, 0.3) is 0 Å². The Hall–Kier alpha value is -0.0800. The molecular formula is C19H38N2. The molecule has 0 aliphatic heterocycles. The van der Waals surface area contributed by atoms with Crippen LogP contribution in [0.15, 0.2) is 0 Å². The summed E-state index contributed by atoms with van der Waals surface area (Å²) in [6, 6.07) is 1.62. The molecule has 124 valence electrons. The van der Waals surface area contributed by atoms with Crippen molar-refractivity contribution in [2.75, 3.05) is 19.6 Å². The highest BCUT2D eigenvalue weighted by Crippen LogP contribution is 2.30. The van der Waals surface area contributed by atoms with Crippen molar-refractivity contribution in [3.05, 3.63) is 0 Å². The molecule has 0 spiro atoms. The van der Waals surface area contributed by atoms with Crippen LogP contribution in [0.2, 0.25) is 0 Å². The highest BCUT2D eigenvalue weighted by Gasteiger charge is 2.29. The molecule has 1 unspecified atom stereocenters. The van der Waals surface area contributed by atoms with Gasteiger partial charge in [0.05, 0.1) is 0 Å². The predicted molar refractivity (Wildman–Crippen MR) is 92.7 cm³/mol. The van der Waals surface area contributed by atoms with Crippen LogP contribution >= 0.6 is 0 Å². The molecular weight excluding hydrogens is 256 g/mol. The van der Waals surface area contributed by atoms with Gasteiger partial charge in [0.1, 0.15) is 0 Å². The van der Waals surface area contributed by atoms with Crippen LogP contribution in [0.1, 0.15) is 78.6 Å². The molecule has 1 atom stereocenters. The Morgan fingerprint density at radius 2 is 1.62 bits per heavy atom. The summed E-state index contributed by atoms with van der Waals surface area (Å²) in [7, 11) is 0. The Balaban J connectivity index is 1.92. The molecule has 2 aliphatic rings. The molecule has 0 heterocycles. The van der Waals surface area contributed by atoms with E-state index in [1.54, 1.807) is 0 Å². The molecule has 2 aliphatic carbocycles. The van der Waals surface area contributed by atoms with E-state index in [2.05, 4.69) is 31.0 Å². The summed E-state index contributed by atoms with van der Waals surface area (Å²) >= 11 is 0. The Morgan fingerprint density at radius 3 is 2.19 bits per heavy atom. The number of nitrogens with zero attached hydrogens (tertiary/aromatic N) is 1. The minimum Gasteiger partial charge on any atom is -0.313 e. The standard InChI is InChI=1S/C19H38N2/c1-4-20-19(17-9-5-6-10-17)15-21(14-13-16(2)3)18-11-7-8-12-18/h16-20H,4-15H2,1-3H3. The van der Waals surface area contributed by atoms with Crippen LogP contribution in [-0.2, 0) is 0 Å². The van der Waals surface area contributed by atoms with Gasteiger partial charge >= 0.3 is 0 Å². The quantitative estimate of drug-likeness (QED) is 0.676. The van der Waals surface area contributed by atoms with Crippen molar-refractivity contribution in [3.8, 4) is 0 Å². The molecule has 21 heavy (non-hydrogen) atoms. The third kappa shape index (κ3) is 5.56. The van der Waals surface area contributed by atoms with E-state index in [1.807, 2.05) is 0 Å². The Labute approximate surface area is 133 Å². The van der Waals surface area contributed by atoms with E-state index in [4.69, 9.17) is 0 Å². The molecule has 0 saturated heterocycles. The molecule has 0 radical (unpaired) electrons. The minimum absolute atomic E-state index is 0.741. The zero-order chi connectivity index (χ0) is 15.1. The number of hydrogen-bond donors (Lipinski definition) is 1. The van der Waals surface area contributed by atoms with Gasteiger partial charge in [-0.15, -0.1) is 0 Å². The molecule has 2 nitrogen and oxygen atoms in total. The number of nitrogens with one attached hydrogen (secondary N) is 1. The smallest absolute Gasteiger partial charge is 0.0223 e. The van der Waals surface area contributed by atoms with E-state index in [-0.39, 0.29) is 0 Å². The lowest BCUT2D eigenvalue weighted by Crippen LogP contribution is -2.48. The first-order valence-corrected chi connectivity index (χ1v) is 9.68. The van der Waals surface area contributed by atoms with E-state index in [0.717, 1.165) is 30.5 Å². The van der Waals surface area contributed by atoms with E-state index in [0.29, 0.717) is 0 Å². The lowest BCUT2D eigenvalue weighted by Gasteiger charge is -2.35. The minimum atomic E-state index is 0.741. The predicted octanol–water partition coefficient (Wildman–Crippen LogP) is 4.45. The molecule has 0 aromatic carbocycles. The summed E-state index contributed by atoms with van der Waals surface area (Å²) in [6.07, 6.45) is 13.0. The number of rotatable bonds is 9. The topological polar surface area (TPSA) is 15.3 Å². The van der Waals surface area contributed by atoms with Gasteiger partial charge in [0.15, 0.2) is 0 Å². The highest BCUT2D eigenvalue weighted by atomic mass is 15.2. The number of hydrogen-bond acceptors (Lipinski definition) is 2. The molecule has 2 rings (SSSR count). The van der Waals surface area contributed by atoms with Crippen molar-refractivity contribution in [2.24, 2.45) is 11.8 Å². The van der Waals surface area contributed by atoms with Crippen molar-refractivity contribution in [3.63, 3.8) is 0 Å². The number of likely N-dealkylation sites (N-methyl/N-ethyl adjacent to an activating group) is 1. The molecule has 2 fully saturated rings. The lowest BCUT2D eigenvalue weighted by atomic mass is 9.96. The van der Waals surface area contributed by atoms with Crippen molar-refractivity contribution in [1.29, 1.82) is 0 Å². The average Bonchev–Trinajstić information content (AvgIpc) is 3.13. The van der Waals surface area contributed by atoms with Crippen LogP contribution in [-0.4, -0.2) is 36.6 Å². The average molecular weight is 295 g/mol. The first-order valence-electron chi connectivity index (χ1n) is 9.68. The Bertz CT molecular complexity index is 265. The molecule has 1 N–H and O–H groups in total. The van der Waals surface area contributed by atoms with Gasteiger partial charge in [-0.1, -0.05) is 46.5 Å². The fourth-order valence-electron chi connectivity index (χ4n) is 4.37. The van der Waals surface area contributed by atoms with Crippen LogP contribution in [0.25, 0.3) is 0 Å². The SMILES string of the molecule is CCNC(CN(CCC(C)C)C1CCCC1)C1CCCC1. The Morgan fingerprint density at radius 1 is 1.00 bits per heavy atom. The summed E-state index contributed by atoms with van der Waals surface area (Å²) < 4.78 is 0. The second-order valence-electron chi connectivity index (χ2n) is 7.82. The molecule has 0 bridgehead atoms. The van der Waals surface area contributed by atoms with Crippen LogP contribution < -0.4 is 5.32 Å². The molecule has 2 heteroatoms. The monoisotopic (exact) mass is 294 g/mol. The maximum atomic E-state index is 3.82. The normalized spacial score (nSPS) is 22.7.